The van der Waals surface area contributed by atoms with E-state index in [2.05, 4.69) is 11.8 Å². The predicted molar refractivity (Wildman–Crippen MR) is 64.7 cm³/mol. The van der Waals surface area contributed by atoms with Gasteiger partial charge in [0.1, 0.15) is 0 Å². The van der Waals surface area contributed by atoms with Crippen LogP contribution in [0.2, 0.25) is 0 Å². The Morgan fingerprint density at radius 3 is 2.42 bits per heavy atom. The summed E-state index contributed by atoms with van der Waals surface area (Å²) < 4.78 is 0. The number of hydrogen-bond acceptors (Lipinski definition) is 6. The highest BCUT2D eigenvalue weighted by Gasteiger charge is 2.51. The van der Waals surface area contributed by atoms with Gasteiger partial charge >= 0.3 is 5.97 Å². The maximum Gasteiger partial charge on any atom is 0.328 e. The van der Waals surface area contributed by atoms with Crippen LogP contribution in [0.5, 0.6) is 0 Å². The maximum atomic E-state index is 12.1. The molecule has 0 spiro atoms. The first-order chi connectivity index (χ1) is 9.08. The Kier molecular flexibility index (Phi) is 4.16. The Hall–Kier alpha value is -1.47. The summed E-state index contributed by atoms with van der Waals surface area (Å²) in [4.78, 5) is 41.0. The van der Waals surface area contributed by atoms with E-state index in [1.54, 1.807) is 5.59 Å². The summed E-state index contributed by atoms with van der Waals surface area (Å²) in [6.07, 6.45) is 2.54. The van der Waals surface area contributed by atoms with Gasteiger partial charge in [-0.3, -0.25) is 19.3 Å². The lowest BCUT2D eigenvalue weighted by Gasteiger charge is -2.16. The minimum atomic E-state index is -0.591. The molecule has 19 heavy (non-hydrogen) atoms. The SMILES string of the molecule is CCC1CC2C(=O)N(CCC(=O)ONN)C(=O)C2C1. The quantitative estimate of drug-likeness (QED) is 0.404. The van der Waals surface area contributed by atoms with E-state index in [-0.39, 0.29) is 36.6 Å². The maximum absolute atomic E-state index is 12.1. The first-order valence-corrected chi connectivity index (χ1v) is 6.59. The monoisotopic (exact) mass is 269 g/mol. The van der Waals surface area contributed by atoms with E-state index in [1.807, 2.05) is 0 Å². The molecule has 2 amide bonds. The number of hydrogen-bond donors (Lipinski definition) is 2. The third kappa shape index (κ3) is 2.62. The van der Waals surface area contributed by atoms with Crippen molar-refractivity contribution in [3.63, 3.8) is 0 Å². The van der Waals surface area contributed by atoms with E-state index < -0.39 is 5.97 Å². The van der Waals surface area contributed by atoms with Crippen molar-refractivity contribution in [2.24, 2.45) is 23.6 Å². The summed E-state index contributed by atoms with van der Waals surface area (Å²) in [5.74, 6) is 4.07. The van der Waals surface area contributed by atoms with Crippen LogP contribution in [0.15, 0.2) is 0 Å². The van der Waals surface area contributed by atoms with Crippen LogP contribution < -0.4 is 11.4 Å². The summed E-state index contributed by atoms with van der Waals surface area (Å²) >= 11 is 0. The van der Waals surface area contributed by atoms with E-state index in [4.69, 9.17) is 5.84 Å². The van der Waals surface area contributed by atoms with Crippen LogP contribution in [-0.4, -0.2) is 29.2 Å². The molecule has 1 aliphatic carbocycles. The zero-order valence-corrected chi connectivity index (χ0v) is 10.9. The number of carbonyl (C=O) groups excluding carboxylic acids is 3. The van der Waals surface area contributed by atoms with Crippen molar-refractivity contribution >= 4 is 17.8 Å². The normalized spacial score (nSPS) is 29.8. The van der Waals surface area contributed by atoms with Crippen molar-refractivity contribution in [3.8, 4) is 0 Å². The second-order valence-corrected chi connectivity index (χ2v) is 5.13. The average molecular weight is 269 g/mol. The summed E-state index contributed by atoms with van der Waals surface area (Å²) in [6.45, 7) is 2.15. The molecular formula is C12H19N3O4. The summed E-state index contributed by atoms with van der Waals surface area (Å²) in [7, 11) is 0. The molecule has 2 atom stereocenters. The molecule has 2 aliphatic rings. The van der Waals surface area contributed by atoms with E-state index in [0.717, 1.165) is 19.3 Å². The summed E-state index contributed by atoms with van der Waals surface area (Å²) in [6, 6.07) is 0. The Morgan fingerprint density at radius 2 is 1.95 bits per heavy atom. The Balaban J connectivity index is 1.93. The van der Waals surface area contributed by atoms with Gasteiger partial charge in [-0.2, -0.15) is 0 Å². The molecule has 2 unspecified atom stereocenters. The molecule has 0 aromatic carbocycles. The molecule has 0 radical (unpaired) electrons. The third-order valence-corrected chi connectivity index (χ3v) is 4.12. The number of likely N-dealkylation sites (tertiary alicyclic amines) is 1. The Bertz CT molecular complexity index is 374. The van der Waals surface area contributed by atoms with Gasteiger partial charge < -0.3 is 4.84 Å². The van der Waals surface area contributed by atoms with Gasteiger partial charge in [-0.25, -0.2) is 5.84 Å². The third-order valence-electron chi connectivity index (χ3n) is 4.12. The second kappa shape index (κ2) is 5.66. The van der Waals surface area contributed by atoms with E-state index in [9.17, 15) is 14.4 Å². The van der Waals surface area contributed by atoms with E-state index in [0.29, 0.717) is 5.92 Å². The number of hydrazine groups is 1. The van der Waals surface area contributed by atoms with Crippen molar-refractivity contribution in [2.45, 2.75) is 32.6 Å². The van der Waals surface area contributed by atoms with Gasteiger partial charge in [-0.1, -0.05) is 18.9 Å². The second-order valence-electron chi connectivity index (χ2n) is 5.13. The zero-order valence-electron chi connectivity index (χ0n) is 10.9. The zero-order chi connectivity index (χ0) is 14.0. The highest BCUT2D eigenvalue weighted by atomic mass is 16.7. The number of carbonyl (C=O) groups is 3. The molecule has 7 nitrogen and oxygen atoms in total. The molecule has 0 bridgehead atoms. The molecule has 2 rings (SSSR count). The number of fused-ring (bicyclic) bond motifs is 1. The number of rotatable bonds is 5. The van der Waals surface area contributed by atoms with Crippen LogP contribution in [0.4, 0.5) is 0 Å². The van der Waals surface area contributed by atoms with Gasteiger partial charge in [0.15, 0.2) is 0 Å². The number of nitrogens with one attached hydrogen (secondary N) is 1. The molecule has 1 saturated carbocycles. The minimum Gasteiger partial charge on any atom is -0.356 e. The lowest BCUT2D eigenvalue weighted by atomic mass is 10.00. The largest absolute Gasteiger partial charge is 0.356 e. The highest BCUT2D eigenvalue weighted by Crippen LogP contribution is 2.44. The number of nitrogens with zero attached hydrogens (tertiary/aromatic N) is 1. The molecule has 7 heteroatoms. The molecule has 1 saturated heterocycles. The Labute approximate surface area is 111 Å². The van der Waals surface area contributed by atoms with Crippen molar-refractivity contribution < 1.29 is 19.2 Å². The molecular weight excluding hydrogens is 250 g/mol. The average Bonchev–Trinajstić information content (AvgIpc) is 2.90. The minimum absolute atomic E-state index is 0.0433. The fraction of sp³-hybridized carbons (Fsp3) is 0.750. The van der Waals surface area contributed by atoms with Gasteiger partial charge in [0.2, 0.25) is 11.8 Å². The number of imide groups is 1. The lowest BCUT2D eigenvalue weighted by molar-refractivity contribution is -0.152. The van der Waals surface area contributed by atoms with Crippen molar-refractivity contribution in [1.82, 2.24) is 10.5 Å². The molecule has 0 aromatic rings. The van der Waals surface area contributed by atoms with Crippen molar-refractivity contribution in [1.29, 1.82) is 0 Å². The number of nitrogens with two attached hydrogens (primary N) is 1. The molecule has 1 heterocycles. The summed E-state index contributed by atoms with van der Waals surface area (Å²) in [5, 5.41) is 0. The fourth-order valence-electron chi connectivity index (χ4n) is 3.07. The first kappa shape index (κ1) is 14.0. The standard InChI is InChI=1S/C12H19N3O4/c1-2-7-5-8-9(6-7)12(18)15(11(8)17)4-3-10(16)19-14-13/h7-9,14H,2-6,13H2,1H3. The number of amides is 2. The predicted octanol–water partition coefficient (Wildman–Crippen LogP) is -0.281. The van der Waals surface area contributed by atoms with Crippen LogP contribution in [-0.2, 0) is 19.2 Å². The first-order valence-electron chi connectivity index (χ1n) is 6.59. The van der Waals surface area contributed by atoms with Crippen LogP contribution in [0.1, 0.15) is 32.6 Å². The Morgan fingerprint density at radius 1 is 1.37 bits per heavy atom. The topological polar surface area (TPSA) is 102 Å². The van der Waals surface area contributed by atoms with E-state index >= 15 is 0 Å². The molecule has 0 aromatic heterocycles. The molecule has 106 valence electrons. The van der Waals surface area contributed by atoms with Crippen LogP contribution in [0.3, 0.4) is 0 Å². The highest BCUT2D eigenvalue weighted by molar-refractivity contribution is 6.05. The van der Waals surface area contributed by atoms with Crippen molar-refractivity contribution in [2.75, 3.05) is 6.54 Å². The van der Waals surface area contributed by atoms with Gasteiger partial charge in [-0.05, 0) is 18.8 Å². The van der Waals surface area contributed by atoms with Crippen LogP contribution in [0, 0.1) is 17.8 Å². The van der Waals surface area contributed by atoms with Crippen LogP contribution in [0.25, 0.3) is 0 Å². The van der Waals surface area contributed by atoms with E-state index in [1.165, 1.54) is 4.90 Å². The van der Waals surface area contributed by atoms with Gasteiger partial charge in [0.25, 0.3) is 0 Å². The van der Waals surface area contributed by atoms with Gasteiger partial charge in [0.05, 0.1) is 18.3 Å². The van der Waals surface area contributed by atoms with Gasteiger partial charge in [0, 0.05) is 6.54 Å². The van der Waals surface area contributed by atoms with Gasteiger partial charge in [-0.15, -0.1) is 0 Å². The smallest absolute Gasteiger partial charge is 0.328 e. The molecule has 3 N–H and O–H groups in total. The lowest BCUT2D eigenvalue weighted by Crippen LogP contribution is -2.35. The fourth-order valence-corrected chi connectivity index (χ4v) is 3.07. The molecule has 1 aliphatic heterocycles. The van der Waals surface area contributed by atoms with Crippen LogP contribution >= 0.6 is 0 Å². The summed E-state index contributed by atoms with van der Waals surface area (Å²) in [5.41, 5.74) is 1.78. The molecule has 2 fully saturated rings. The van der Waals surface area contributed by atoms with Crippen molar-refractivity contribution in [3.05, 3.63) is 0 Å².